The molecule has 3 aromatic rings. The van der Waals surface area contributed by atoms with E-state index in [0.29, 0.717) is 29.3 Å². The predicted octanol–water partition coefficient (Wildman–Crippen LogP) is 3.63. The van der Waals surface area contributed by atoms with Crippen molar-refractivity contribution >= 4 is 5.97 Å². The number of esters is 1. The Hall–Kier alpha value is -3.22. The molecule has 0 atom stereocenters. The molecule has 25 heavy (non-hydrogen) atoms. The molecular formula is C18H15FN2O4. The second-order valence-electron chi connectivity index (χ2n) is 5.02. The number of carbonyl (C=O) groups excluding carboxylic acids is 1. The summed E-state index contributed by atoms with van der Waals surface area (Å²) in [4.78, 5) is 16.3. The first-order valence-corrected chi connectivity index (χ1v) is 7.65. The summed E-state index contributed by atoms with van der Waals surface area (Å²) in [5, 5.41) is 3.79. The highest BCUT2D eigenvalue weighted by Gasteiger charge is 2.16. The quantitative estimate of drug-likeness (QED) is 0.637. The van der Waals surface area contributed by atoms with Crippen molar-refractivity contribution in [2.75, 3.05) is 6.61 Å². The molecule has 0 unspecified atom stereocenters. The van der Waals surface area contributed by atoms with E-state index >= 15 is 0 Å². The lowest BCUT2D eigenvalue weighted by atomic mass is 10.2. The molecule has 0 radical (unpaired) electrons. The Morgan fingerprint density at radius 1 is 1.16 bits per heavy atom. The third kappa shape index (κ3) is 4.00. The summed E-state index contributed by atoms with van der Waals surface area (Å²) in [5.74, 6) is -0.0187. The highest BCUT2D eigenvalue weighted by molar-refractivity contribution is 5.92. The molecule has 0 amide bonds. The number of halogens is 1. The Morgan fingerprint density at radius 2 is 1.92 bits per heavy atom. The largest absolute Gasteiger partial charge is 0.493 e. The molecule has 0 spiro atoms. The fraction of sp³-hybridized carbons (Fsp3) is 0.167. The van der Waals surface area contributed by atoms with Gasteiger partial charge in [-0.1, -0.05) is 17.3 Å². The summed E-state index contributed by atoms with van der Waals surface area (Å²) in [6, 6.07) is 12.5. The van der Waals surface area contributed by atoms with E-state index in [1.54, 1.807) is 24.3 Å². The van der Waals surface area contributed by atoms with Crippen LogP contribution in [0.25, 0.3) is 11.4 Å². The minimum absolute atomic E-state index is 0.140. The number of hydrogen-bond acceptors (Lipinski definition) is 6. The van der Waals surface area contributed by atoms with Crippen molar-refractivity contribution in [3.05, 3.63) is 65.8 Å². The summed E-state index contributed by atoms with van der Waals surface area (Å²) < 4.78 is 28.6. The molecule has 0 saturated heterocycles. The maximum absolute atomic E-state index is 12.9. The van der Waals surface area contributed by atoms with Crippen LogP contribution in [0.2, 0.25) is 0 Å². The van der Waals surface area contributed by atoms with Gasteiger partial charge in [-0.25, -0.2) is 9.18 Å². The molecule has 7 heteroatoms. The molecule has 128 valence electrons. The van der Waals surface area contributed by atoms with Gasteiger partial charge in [0, 0.05) is 5.56 Å². The van der Waals surface area contributed by atoms with Crippen molar-refractivity contribution in [2.24, 2.45) is 0 Å². The number of carbonyl (C=O) groups is 1. The van der Waals surface area contributed by atoms with E-state index in [1.165, 1.54) is 24.3 Å². The number of ether oxygens (including phenoxy) is 2. The van der Waals surface area contributed by atoms with Crippen molar-refractivity contribution in [2.45, 2.75) is 13.5 Å². The van der Waals surface area contributed by atoms with Crippen LogP contribution in [-0.2, 0) is 11.3 Å². The van der Waals surface area contributed by atoms with Gasteiger partial charge in [-0.3, -0.25) is 0 Å². The average Bonchev–Trinajstić information content (AvgIpc) is 3.10. The van der Waals surface area contributed by atoms with Crippen LogP contribution in [0.15, 0.2) is 53.1 Å². The van der Waals surface area contributed by atoms with E-state index < -0.39 is 5.97 Å². The minimum atomic E-state index is -0.550. The Labute approximate surface area is 143 Å². The van der Waals surface area contributed by atoms with Crippen LogP contribution in [0.3, 0.4) is 0 Å². The molecule has 1 heterocycles. The molecule has 0 N–H and O–H groups in total. The fourth-order valence-electron chi connectivity index (χ4n) is 2.15. The van der Waals surface area contributed by atoms with Crippen LogP contribution >= 0.6 is 0 Å². The first-order chi connectivity index (χ1) is 12.2. The second kappa shape index (κ2) is 7.57. The smallest absolute Gasteiger partial charge is 0.342 e. The highest BCUT2D eigenvalue weighted by Crippen LogP contribution is 2.20. The molecule has 0 aliphatic rings. The Balaban J connectivity index is 1.66. The zero-order chi connectivity index (χ0) is 17.6. The van der Waals surface area contributed by atoms with Gasteiger partial charge >= 0.3 is 5.97 Å². The topological polar surface area (TPSA) is 74.5 Å². The number of benzene rings is 2. The van der Waals surface area contributed by atoms with E-state index in [2.05, 4.69) is 10.1 Å². The zero-order valence-electron chi connectivity index (χ0n) is 13.4. The van der Waals surface area contributed by atoms with Crippen molar-refractivity contribution in [1.29, 1.82) is 0 Å². The Kier molecular flexibility index (Phi) is 5.03. The lowest BCUT2D eigenvalue weighted by Gasteiger charge is -2.08. The summed E-state index contributed by atoms with van der Waals surface area (Å²) in [6.45, 7) is 2.10. The van der Waals surface area contributed by atoms with E-state index in [0.717, 1.165) is 0 Å². The van der Waals surface area contributed by atoms with Gasteiger partial charge in [0.1, 0.15) is 17.1 Å². The standard InChI is InChI=1S/C18H15FN2O4/c1-2-23-15-6-4-3-5-14(15)18(22)24-11-16-20-17(21-25-16)12-7-9-13(19)10-8-12/h3-10H,2,11H2,1H3. The fourth-order valence-corrected chi connectivity index (χ4v) is 2.15. The average molecular weight is 342 g/mol. The summed E-state index contributed by atoms with van der Waals surface area (Å²) in [6.07, 6.45) is 0. The monoisotopic (exact) mass is 342 g/mol. The van der Waals surface area contributed by atoms with Crippen LogP contribution in [0.1, 0.15) is 23.2 Å². The van der Waals surface area contributed by atoms with Crippen molar-refractivity contribution in [3.63, 3.8) is 0 Å². The molecule has 0 saturated carbocycles. The molecule has 0 aliphatic heterocycles. The number of nitrogens with zero attached hydrogens (tertiary/aromatic N) is 2. The molecular weight excluding hydrogens is 327 g/mol. The maximum atomic E-state index is 12.9. The third-order valence-electron chi connectivity index (χ3n) is 3.30. The van der Waals surface area contributed by atoms with E-state index in [1.807, 2.05) is 6.92 Å². The first kappa shape index (κ1) is 16.6. The Morgan fingerprint density at radius 3 is 2.68 bits per heavy atom. The normalized spacial score (nSPS) is 10.5. The number of para-hydroxylation sites is 1. The molecule has 3 rings (SSSR count). The molecule has 0 bridgehead atoms. The van der Waals surface area contributed by atoms with Gasteiger partial charge in [0.15, 0.2) is 6.61 Å². The first-order valence-electron chi connectivity index (χ1n) is 7.65. The third-order valence-corrected chi connectivity index (χ3v) is 3.30. The summed E-state index contributed by atoms with van der Waals surface area (Å²) >= 11 is 0. The maximum Gasteiger partial charge on any atom is 0.342 e. The number of rotatable bonds is 6. The zero-order valence-corrected chi connectivity index (χ0v) is 13.4. The minimum Gasteiger partial charge on any atom is -0.493 e. The summed E-state index contributed by atoms with van der Waals surface area (Å²) in [5.41, 5.74) is 0.923. The van der Waals surface area contributed by atoms with Crippen LogP contribution < -0.4 is 4.74 Å². The van der Waals surface area contributed by atoms with Crippen molar-refractivity contribution in [1.82, 2.24) is 10.1 Å². The van der Waals surface area contributed by atoms with Crippen molar-refractivity contribution in [3.8, 4) is 17.1 Å². The van der Waals surface area contributed by atoms with Gasteiger partial charge in [-0.15, -0.1) is 0 Å². The SMILES string of the molecule is CCOc1ccccc1C(=O)OCc1nc(-c2ccc(F)cc2)no1. The Bertz CT molecular complexity index is 862. The van der Waals surface area contributed by atoms with Crippen molar-refractivity contribution < 1.29 is 23.2 Å². The van der Waals surface area contributed by atoms with E-state index in [-0.39, 0.29) is 18.3 Å². The lowest BCUT2D eigenvalue weighted by Crippen LogP contribution is -2.08. The molecule has 2 aromatic carbocycles. The van der Waals surface area contributed by atoms with Crippen LogP contribution in [0.5, 0.6) is 5.75 Å². The van der Waals surface area contributed by atoms with Gasteiger partial charge in [0.05, 0.1) is 6.61 Å². The van der Waals surface area contributed by atoms with Gasteiger partial charge in [0.2, 0.25) is 5.82 Å². The van der Waals surface area contributed by atoms with Crippen LogP contribution in [0, 0.1) is 5.82 Å². The number of hydrogen-bond donors (Lipinski definition) is 0. The van der Waals surface area contributed by atoms with E-state index in [9.17, 15) is 9.18 Å². The molecule has 0 fully saturated rings. The van der Waals surface area contributed by atoms with Crippen LogP contribution in [0.4, 0.5) is 4.39 Å². The predicted molar refractivity (Wildman–Crippen MR) is 86.4 cm³/mol. The molecule has 6 nitrogen and oxygen atoms in total. The lowest BCUT2D eigenvalue weighted by molar-refractivity contribution is 0.0425. The van der Waals surface area contributed by atoms with Gasteiger partial charge in [-0.2, -0.15) is 4.98 Å². The highest BCUT2D eigenvalue weighted by atomic mass is 19.1. The van der Waals surface area contributed by atoms with Gasteiger partial charge in [0.25, 0.3) is 5.89 Å². The van der Waals surface area contributed by atoms with Crippen LogP contribution in [-0.4, -0.2) is 22.7 Å². The van der Waals surface area contributed by atoms with Gasteiger partial charge in [-0.05, 0) is 43.3 Å². The molecule has 1 aromatic heterocycles. The number of aromatic nitrogens is 2. The molecule has 0 aliphatic carbocycles. The van der Waals surface area contributed by atoms with E-state index in [4.69, 9.17) is 14.0 Å². The van der Waals surface area contributed by atoms with Gasteiger partial charge < -0.3 is 14.0 Å². The summed E-state index contributed by atoms with van der Waals surface area (Å²) in [7, 11) is 0. The second-order valence-corrected chi connectivity index (χ2v) is 5.02.